The Morgan fingerprint density at radius 2 is 1.61 bits per heavy atom. The summed E-state index contributed by atoms with van der Waals surface area (Å²) in [6.07, 6.45) is 3.41. The second-order valence-corrected chi connectivity index (χ2v) is 9.58. The van der Waals surface area contributed by atoms with Crippen molar-refractivity contribution in [1.29, 1.82) is 0 Å². The maximum absolute atomic E-state index is 13.4. The van der Waals surface area contributed by atoms with Gasteiger partial charge in [0.05, 0.1) is 18.8 Å². The summed E-state index contributed by atoms with van der Waals surface area (Å²) in [5.74, 6) is 2.46. The van der Waals surface area contributed by atoms with Crippen LogP contribution < -0.4 is 14.8 Å². The van der Waals surface area contributed by atoms with Crippen LogP contribution >= 0.6 is 0 Å². The summed E-state index contributed by atoms with van der Waals surface area (Å²) in [5, 5.41) is 3.27. The molecular formula is C32H33N3O3. The average Bonchev–Trinajstić information content (AvgIpc) is 2.98. The van der Waals surface area contributed by atoms with Crippen LogP contribution in [0.1, 0.15) is 35.7 Å². The van der Waals surface area contributed by atoms with Gasteiger partial charge in [0.15, 0.2) is 0 Å². The van der Waals surface area contributed by atoms with Gasteiger partial charge in [0.2, 0.25) is 5.91 Å². The van der Waals surface area contributed by atoms with Gasteiger partial charge in [0.25, 0.3) is 0 Å². The highest BCUT2D eigenvalue weighted by atomic mass is 16.5. The van der Waals surface area contributed by atoms with E-state index in [0.29, 0.717) is 0 Å². The number of nitrogens with one attached hydrogen (secondary N) is 1. The number of nitrogens with zero attached hydrogens (tertiary/aromatic N) is 2. The Balaban J connectivity index is 1.16. The SMILES string of the molecule is COc1cccc(C(NC(=O)C2CCN(Cc3ccc(Oc4ccccc4)cc3)CC2)c2ccccn2)c1. The first-order chi connectivity index (χ1) is 18.7. The molecule has 0 saturated carbocycles. The predicted octanol–water partition coefficient (Wildman–Crippen LogP) is 6.00. The third-order valence-electron chi connectivity index (χ3n) is 6.96. The molecule has 1 aliphatic heterocycles. The average molecular weight is 508 g/mol. The number of aromatic nitrogens is 1. The van der Waals surface area contributed by atoms with Gasteiger partial charge in [-0.15, -0.1) is 0 Å². The van der Waals surface area contributed by atoms with Gasteiger partial charge in [-0.05, 0) is 85.6 Å². The topological polar surface area (TPSA) is 63.7 Å². The van der Waals surface area contributed by atoms with Crippen molar-refractivity contribution in [3.05, 3.63) is 120 Å². The number of para-hydroxylation sites is 1. The summed E-state index contributed by atoms with van der Waals surface area (Å²) in [6, 6.07) is 31.3. The summed E-state index contributed by atoms with van der Waals surface area (Å²) < 4.78 is 11.3. The first-order valence-corrected chi connectivity index (χ1v) is 13.1. The van der Waals surface area contributed by atoms with E-state index in [4.69, 9.17) is 9.47 Å². The molecular weight excluding hydrogens is 474 g/mol. The second-order valence-electron chi connectivity index (χ2n) is 9.58. The van der Waals surface area contributed by atoms with Crippen molar-refractivity contribution >= 4 is 5.91 Å². The molecule has 0 aliphatic carbocycles. The molecule has 1 atom stereocenters. The number of likely N-dealkylation sites (tertiary alicyclic amines) is 1. The number of pyridine rings is 1. The fourth-order valence-corrected chi connectivity index (χ4v) is 4.85. The smallest absolute Gasteiger partial charge is 0.224 e. The Morgan fingerprint density at radius 1 is 0.895 bits per heavy atom. The summed E-state index contributed by atoms with van der Waals surface area (Å²) in [5.41, 5.74) is 3.00. The zero-order valence-electron chi connectivity index (χ0n) is 21.6. The van der Waals surface area contributed by atoms with Crippen LogP contribution in [-0.2, 0) is 11.3 Å². The summed E-state index contributed by atoms with van der Waals surface area (Å²) in [7, 11) is 1.65. The lowest BCUT2D eigenvalue weighted by Crippen LogP contribution is -2.41. The number of hydrogen-bond donors (Lipinski definition) is 1. The highest BCUT2D eigenvalue weighted by Gasteiger charge is 2.28. The minimum Gasteiger partial charge on any atom is -0.497 e. The molecule has 194 valence electrons. The number of hydrogen-bond acceptors (Lipinski definition) is 5. The van der Waals surface area contributed by atoms with Gasteiger partial charge < -0.3 is 14.8 Å². The van der Waals surface area contributed by atoms with Crippen molar-refractivity contribution in [2.24, 2.45) is 5.92 Å². The van der Waals surface area contributed by atoms with Crippen LogP contribution in [0, 0.1) is 5.92 Å². The molecule has 38 heavy (non-hydrogen) atoms. The maximum atomic E-state index is 13.4. The van der Waals surface area contributed by atoms with E-state index in [1.54, 1.807) is 13.3 Å². The van der Waals surface area contributed by atoms with Crippen LogP contribution in [-0.4, -0.2) is 36.0 Å². The van der Waals surface area contributed by atoms with E-state index in [1.165, 1.54) is 5.56 Å². The maximum Gasteiger partial charge on any atom is 0.224 e. The van der Waals surface area contributed by atoms with E-state index in [0.717, 1.165) is 61.0 Å². The number of rotatable bonds is 9. The lowest BCUT2D eigenvalue weighted by atomic mass is 9.94. The van der Waals surface area contributed by atoms with E-state index in [1.807, 2.05) is 84.9 Å². The highest BCUT2D eigenvalue weighted by molar-refractivity contribution is 5.79. The first-order valence-electron chi connectivity index (χ1n) is 13.1. The molecule has 1 fully saturated rings. The Morgan fingerprint density at radius 3 is 2.32 bits per heavy atom. The molecule has 2 heterocycles. The minimum absolute atomic E-state index is 0.0234. The zero-order valence-corrected chi connectivity index (χ0v) is 21.6. The van der Waals surface area contributed by atoms with E-state index < -0.39 is 0 Å². The number of methoxy groups -OCH3 is 1. The summed E-state index contributed by atoms with van der Waals surface area (Å²) in [4.78, 5) is 20.3. The number of amides is 1. The van der Waals surface area contributed by atoms with Gasteiger partial charge in [-0.25, -0.2) is 0 Å². The molecule has 1 N–H and O–H groups in total. The van der Waals surface area contributed by atoms with Gasteiger partial charge in [-0.3, -0.25) is 14.7 Å². The molecule has 0 radical (unpaired) electrons. The lowest BCUT2D eigenvalue weighted by molar-refractivity contribution is -0.127. The van der Waals surface area contributed by atoms with Gasteiger partial charge >= 0.3 is 0 Å². The molecule has 4 aromatic rings. The third kappa shape index (κ3) is 6.58. The highest BCUT2D eigenvalue weighted by Crippen LogP contribution is 2.27. The quantitative estimate of drug-likeness (QED) is 0.301. The Hall–Kier alpha value is -4.16. The molecule has 0 spiro atoms. The number of ether oxygens (including phenoxy) is 2. The number of piperidine rings is 1. The molecule has 6 nitrogen and oxygen atoms in total. The molecule has 6 heteroatoms. The van der Waals surface area contributed by atoms with Crippen LogP contribution in [0.3, 0.4) is 0 Å². The third-order valence-corrected chi connectivity index (χ3v) is 6.96. The minimum atomic E-state index is -0.326. The monoisotopic (exact) mass is 507 g/mol. The Bertz CT molecular complexity index is 1300. The Labute approximate surface area is 224 Å². The van der Waals surface area contributed by atoms with Crippen LogP contribution in [0.15, 0.2) is 103 Å². The molecule has 1 amide bonds. The predicted molar refractivity (Wildman–Crippen MR) is 148 cm³/mol. The number of carbonyl (C=O) groups excluding carboxylic acids is 1. The van der Waals surface area contributed by atoms with E-state index in [-0.39, 0.29) is 17.9 Å². The first kappa shape index (κ1) is 25.5. The van der Waals surface area contributed by atoms with Gasteiger partial charge in [0.1, 0.15) is 17.2 Å². The fourth-order valence-electron chi connectivity index (χ4n) is 4.85. The van der Waals surface area contributed by atoms with Crippen LogP contribution in [0.25, 0.3) is 0 Å². The van der Waals surface area contributed by atoms with Gasteiger partial charge in [-0.2, -0.15) is 0 Å². The molecule has 1 aromatic heterocycles. The van der Waals surface area contributed by atoms with Crippen molar-refractivity contribution < 1.29 is 14.3 Å². The van der Waals surface area contributed by atoms with Gasteiger partial charge in [0, 0.05) is 18.7 Å². The van der Waals surface area contributed by atoms with Crippen LogP contribution in [0.2, 0.25) is 0 Å². The normalized spacial score (nSPS) is 15.0. The molecule has 0 bridgehead atoms. The fraction of sp³-hybridized carbons (Fsp3) is 0.250. The standard InChI is InChI=1S/C32H33N3O3/c1-37-29-11-7-8-26(22-29)31(30-12-5-6-19-33-30)34-32(36)25-17-20-35(21-18-25)23-24-13-15-28(16-14-24)38-27-9-3-2-4-10-27/h2-16,19,22,25,31H,17-18,20-21,23H2,1H3,(H,34,36). The van der Waals surface area contributed by atoms with Crippen molar-refractivity contribution in [3.63, 3.8) is 0 Å². The van der Waals surface area contributed by atoms with E-state index in [2.05, 4.69) is 27.3 Å². The van der Waals surface area contributed by atoms with Gasteiger partial charge in [-0.1, -0.05) is 48.5 Å². The van der Waals surface area contributed by atoms with E-state index >= 15 is 0 Å². The number of benzene rings is 3. The zero-order chi connectivity index (χ0) is 26.2. The lowest BCUT2D eigenvalue weighted by Gasteiger charge is -2.32. The van der Waals surface area contributed by atoms with Crippen molar-refractivity contribution in [2.45, 2.75) is 25.4 Å². The largest absolute Gasteiger partial charge is 0.497 e. The van der Waals surface area contributed by atoms with Crippen LogP contribution in [0.4, 0.5) is 0 Å². The molecule has 1 saturated heterocycles. The van der Waals surface area contributed by atoms with Crippen molar-refractivity contribution in [1.82, 2.24) is 15.2 Å². The molecule has 5 rings (SSSR count). The molecule has 1 unspecified atom stereocenters. The van der Waals surface area contributed by atoms with Crippen LogP contribution in [0.5, 0.6) is 17.2 Å². The second kappa shape index (κ2) is 12.4. The summed E-state index contributed by atoms with van der Waals surface area (Å²) in [6.45, 7) is 2.63. The van der Waals surface area contributed by atoms with Crippen molar-refractivity contribution in [2.75, 3.05) is 20.2 Å². The molecule has 3 aromatic carbocycles. The Kier molecular flexibility index (Phi) is 8.31. The van der Waals surface area contributed by atoms with E-state index in [9.17, 15) is 4.79 Å². The van der Waals surface area contributed by atoms with Crippen molar-refractivity contribution in [3.8, 4) is 17.2 Å². The number of carbonyl (C=O) groups is 1. The summed E-state index contributed by atoms with van der Waals surface area (Å²) >= 11 is 0. The molecule has 1 aliphatic rings.